The summed E-state index contributed by atoms with van der Waals surface area (Å²) in [6, 6.07) is 1.79. The first-order valence-corrected chi connectivity index (χ1v) is 6.28. The van der Waals surface area contributed by atoms with E-state index in [-0.39, 0.29) is 0 Å². The summed E-state index contributed by atoms with van der Waals surface area (Å²) in [5.41, 5.74) is 0.997. The average molecular weight is 266 g/mol. The third kappa shape index (κ3) is 2.22. The van der Waals surface area contributed by atoms with Gasteiger partial charge in [0, 0.05) is 24.3 Å². The van der Waals surface area contributed by atoms with Crippen molar-refractivity contribution in [3.8, 4) is 0 Å². The smallest absolute Gasteiger partial charge is 0.251 e. The zero-order chi connectivity index (χ0) is 13.3. The molecule has 0 saturated heterocycles. The predicted molar refractivity (Wildman–Crippen MR) is 69.4 cm³/mol. The number of aryl methyl sites for hydroxylation is 1. The van der Waals surface area contributed by atoms with Crippen molar-refractivity contribution < 1.29 is 15.0 Å². The van der Waals surface area contributed by atoms with Gasteiger partial charge in [0.05, 0.1) is 4.70 Å². The monoisotopic (exact) mass is 266 g/mol. The SMILES string of the molecule is CNC(=O)[C@H](O)[C@@H](O)c1cc2c(C)cncc2s1. The highest BCUT2D eigenvalue weighted by Crippen LogP contribution is 2.32. The Hall–Kier alpha value is -1.50. The Bertz CT molecular complexity index is 582. The van der Waals surface area contributed by atoms with Gasteiger partial charge in [0.15, 0.2) is 6.10 Å². The molecule has 1 amide bonds. The van der Waals surface area contributed by atoms with Gasteiger partial charge in [-0.25, -0.2) is 0 Å². The number of nitrogens with zero attached hydrogens (tertiary/aromatic N) is 1. The van der Waals surface area contributed by atoms with Crippen molar-refractivity contribution in [2.24, 2.45) is 0 Å². The molecule has 2 aromatic heterocycles. The zero-order valence-electron chi connectivity index (χ0n) is 10.0. The number of carbonyl (C=O) groups is 1. The first kappa shape index (κ1) is 12.9. The van der Waals surface area contributed by atoms with E-state index in [2.05, 4.69) is 10.3 Å². The Kier molecular flexibility index (Phi) is 3.60. The number of thiophene rings is 1. The van der Waals surface area contributed by atoms with Crippen LogP contribution in [0.2, 0.25) is 0 Å². The molecular weight excluding hydrogens is 252 g/mol. The molecule has 0 radical (unpaired) electrons. The second kappa shape index (κ2) is 5.01. The van der Waals surface area contributed by atoms with E-state index in [1.807, 2.05) is 6.92 Å². The number of likely N-dealkylation sites (N-methyl/N-ethyl adjacent to an activating group) is 1. The fourth-order valence-corrected chi connectivity index (χ4v) is 2.83. The van der Waals surface area contributed by atoms with Crippen molar-refractivity contribution in [1.82, 2.24) is 10.3 Å². The molecule has 0 unspecified atom stereocenters. The first-order valence-electron chi connectivity index (χ1n) is 5.46. The molecule has 0 saturated carbocycles. The molecule has 96 valence electrons. The molecule has 2 rings (SSSR count). The number of fused-ring (bicyclic) bond motifs is 1. The van der Waals surface area contributed by atoms with Gasteiger partial charge in [0.25, 0.3) is 5.91 Å². The minimum Gasteiger partial charge on any atom is -0.384 e. The minimum atomic E-state index is -1.46. The Labute approximate surface area is 108 Å². The minimum absolute atomic E-state index is 0.553. The number of carbonyl (C=O) groups excluding carboxylic acids is 1. The number of aliphatic hydroxyl groups is 2. The summed E-state index contributed by atoms with van der Waals surface area (Å²) in [6.07, 6.45) is 0.758. The van der Waals surface area contributed by atoms with Gasteiger partial charge >= 0.3 is 0 Å². The summed E-state index contributed by atoms with van der Waals surface area (Å²) in [6.45, 7) is 1.92. The van der Waals surface area contributed by atoms with E-state index in [9.17, 15) is 15.0 Å². The number of hydrogen-bond acceptors (Lipinski definition) is 5. The largest absolute Gasteiger partial charge is 0.384 e. The predicted octanol–water partition coefficient (Wildman–Crippen LogP) is 0.745. The van der Waals surface area contributed by atoms with Gasteiger partial charge in [-0.15, -0.1) is 11.3 Å². The Morgan fingerprint density at radius 2 is 2.17 bits per heavy atom. The van der Waals surface area contributed by atoms with Crippen LogP contribution in [-0.2, 0) is 4.79 Å². The molecule has 0 spiro atoms. The lowest BCUT2D eigenvalue weighted by molar-refractivity contribution is -0.134. The lowest BCUT2D eigenvalue weighted by Crippen LogP contribution is -2.36. The molecule has 2 atom stereocenters. The Balaban J connectivity index is 2.36. The fourth-order valence-electron chi connectivity index (χ4n) is 1.71. The molecule has 2 aromatic rings. The van der Waals surface area contributed by atoms with Gasteiger partial charge in [0.2, 0.25) is 0 Å². The van der Waals surface area contributed by atoms with Crippen molar-refractivity contribution in [3.63, 3.8) is 0 Å². The molecule has 0 bridgehead atoms. The third-order valence-electron chi connectivity index (χ3n) is 2.77. The molecule has 5 nitrogen and oxygen atoms in total. The molecule has 0 fully saturated rings. The lowest BCUT2D eigenvalue weighted by atomic mass is 10.1. The number of amides is 1. The van der Waals surface area contributed by atoms with Gasteiger partial charge in [-0.2, -0.15) is 0 Å². The van der Waals surface area contributed by atoms with E-state index < -0.39 is 18.1 Å². The van der Waals surface area contributed by atoms with Crippen LogP contribution in [0.25, 0.3) is 10.1 Å². The van der Waals surface area contributed by atoms with Crippen LogP contribution >= 0.6 is 11.3 Å². The maximum absolute atomic E-state index is 11.3. The van der Waals surface area contributed by atoms with Crippen LogP contribution in [0, 0.1) is 6.92 Å². The van der Waals surface area contributed by atoms with Crippen LogP contribution in [0.4, 0.5) is 0 Å². The molecule has 3 N–H and O–H groups in total. The second-order valence-corrected chi connectivity index (χ2v) is 5.14. The van der Waals surface area contributed by atoms with E-state index in [0.717, 1.165) is 15.6 Å². The summed E-state index contributed by atoms with van der Waals surface area (Å²) >= 11 is 1.32. The highest BCUT2D eigenvalue weighted by Gasteiger charge is 2.26. The summed E-state index contributed by atoms with van der Waals surface area (Å²) in [4.78, 5) is 15.9. The quantitative estimate of drug-likeness (QED) is 0.765. The summed E-state index contributed by atoms with van der Waals surface area (Å²) in [5, 5.41) is 22.9. The van der Waals surface area contributed by atoms with E-state index >= 15 is 0 Å². The molecular formula is C12H14N2O3S. The number of rotatable bonds is 3. The molecule has 6 heteroatoms. The van der Waals surface area contributed by atoms with Crippen LogP contribution in [-0.4, -0.2) is 34.3 Å². The maximum Gasteiger partial charge on any atom is 0.251 e. The second-order valence-electron chi connectivity index (χ2n) is 4.02. The number of nitrogens with one attached hydrogen (secondary N) is 1. The van der Waals surface area contributed by atoms with E-state index in [0.29, 0.717) is 4.88 Å². The zero-order valence-corrected chi connectivity index (χ0v) is 10.9. The number of aliphatic hydroxyl groups excluding tert-OH is 2. The van der Waals surface area contributed by atoms with Crippen LogP contribution in [0.15, 0.2) is 18.5 Å². The summed E-state index contributed by atoms with van der Waals surface area (Å²) < 4.78 is 0.924. The molecule has 2 heterocycles. The fraction of sp³-hybridized carbons (Fsp3) is 0.333. The van der Waals surface area contributed by atoms with Crippen LogP contribution in [0.1, 0.15) is 16.5 Å². The van der Waals surface area contributed by atoms with E-state index in [1.54, 1.807) is 18.5 Å². The van der Waals surface area contributed by atoms with Gasteiger partial charge in [-0.1, -0.05) is 0 Å². The molecule has 18 heavy (non-hydrogen) atoms. The third-order valence-corrected chi connectivity index (χ3v) is 3.91. The van der Waals surface area contributed by atoms with Gasteiger partial charge in [-0.3, -0.25) is 9.78 Å². The highest BCUT2D eigenvalue weighted by atomic mass is 32.1. The number of aromatic nitrogens is 1. The van der Waals surface area contributed by atoms with Crippen molar-refractivity contribution in [1.29, 1.82) is 0 Å². The Morgan fingerprint density at radius 1 is 1.44 bits per heavy atom. The van der Waals surface area contributed by atoms with Crippen LogP contribution in [0.5, 0.6) is 0 Å². The molecule has 0 aliphatic heterocycles. The van der Waals surface area contributed by atoms with E-state index in [1.165, 1.54) is 18.4 Å². The van der Waals surface area contributed by atoms with Gasteiger partial charge in [0.1, 0.15) is 6.10 Å². The average Bonchev–Trinajstić information content (AvgIpc) is 2.81. The maximum atomic E-state index is 11.3. The van der Waals surface area contributed by atoms with Crippen molar-refractivity contribution in [2.45, 2.75) is 19.1 Å². The normalized spacial score (nSPS) is 14.4. The van der Waals surface area contributed by atoms with Crippen LogP contribution < -0.4 is 5.32 Å². The number of hydrogen-bond donors (Lipinski definition) is 3. The first-order chi connectivity index (χ1) is 8.54. The topological polar surface area (TPSA) is 82.5 Å². The van der Waals surface area contributed by atoms with Crippen LogP contribution in [0.3, 0.4) is 0 Å². The lowest BCUT2D eigenvalue weighted by Gasteiger charge is -2.14. The van der Waals surface area contributed by atoms with Crippen molar-refractivity contribution >= 4 is 27.3 Å². The van der Waals surface area contributed by atoms with Gasteiger partial charge < -0.3 is 15.5 Å². The van der Waals surface area contributed by atoms with Crippen molar-refractivity contribution in [3.05, 3.63) is 28.9 Å². The number of pyridine rings is 1. The van der Waals surface area contributed by atoms with Crippen molar-refractivity contribution in [2.75, 3.05) is 7.05 Å². The van der Waals surface area contributed by atoms with E-state index in [4.69, 9.17) is 0 Å². The Morgan fingerprint density at radius 3 is 2.78 bits per heavy atom. The van der Waals surface area contributed by atoms with Gasteiger partial charge in [-0.05, 0) is 23.9 Å². The standard InChI is InChI=1S/C12H14N2O3S/c1-6-4-14-5-9-7(6)3-8(18-9)10(15)11(16)12(17)13-2/h3-5,10-11,15-16H,1-2H3,(H,13,17)/t10-,11+/m0/s1. The molecule has 0 aliphatic rings. The highest BCUT2D eigenvalue weighted by molar-refractivity contribution is 7.19. The molecule has 0 aromatic carbocycles. The molecule has 0 aliphatic carbocycles. The summed E-state index contributed by atoms with van der Waals surface area (Å²) in [7, 11) is 1.41. The summed E-state index contributed by atoms with van der Waals surface area (Å²) in [5.74, 6) is -0.602.